The molecule has 20 heavy (non-hydrogen) atoms. The molecular formula is C15H20N2O3. The average molecular weight is 276 g/mol. The smallest absolute Gasteiger partial charge is 0.307 e. The maximum atomic E-state index is 11.8. The lowest BCUT2D eigenvalue weighted by Gasteiger charge is -2.10. The average Bonchev–Trinajstić information content (AvgIpc) is 3.17. The molecule has 2 rings (SSSR count). The number of carbonyl (C=O) groups is 2. The monoisotopic (exact) mass is 276 g/mol. The third-order valence-corrected chi connectivity index (χ3v) is 3.49. The number of nitrogens with zero attached hydrogens (tertiary/aromatic N) is 1. The summed E-state index contributed by atoms with van der Waals surface area (Å²) in [5.41, 5.74) is 1.73. The molecule has 0 radical (unpaired) electrons. The first-order chi connectivity index (χ1) is 9.47. The highest BCUT2D eigenvalue weighted by molar-refractivity contribution is 5.91. The normalized spacial score (nSPS) is 20.8. The maximum Gasteiger partial charge on any atom is 0.307 e. The first-order valence-electron chi connectivity index (χ1n) is 6.74. The first-order valence-corrected chi connectivity index (χ1v) is 6.74. The van der Waals surface area contributed by atoms with Crippen molar-refractivity contribution in [1.82, 2.24) is 4.90 Å². The molecule has 1 aromatic carbocycles. The van der Waals surface area contributed by atoms with E-state index < -0.39 is 5.97 Å². The van der Waals surface area contributed by atoms with Crippen LogP contribution in [0.15, 0.2) is 24.3 Å². The molecule has 108 valence electrons. The van der Waals surface area contributed by atoms with Crippen molar-refractivity contribution < 1.29 is 14.7 Å². The Morgan fingerprint density at radius 1 is 1.40 bits per heavy atom. The Hall–Kier alpha value is -1.88. The number of aliphatic carboxylic acids is 1. The van der Waals surface area contributed by atoms with Gasteiger partial charge in [0, 0.05) is 18.7 Å². The van der Waals surface area contributed by atoms with E-state index in [2.05, 4.69) is 5.32 Å². The number of benzene rings is 1. The van der Waals surface area contributed by atoms with Crippen LogP contribution in [0.2, 0.25) is 0 Å². The van der Waals surface area contributed by atoms with Crippen molar-refractivity contribution >= 4 is 17.6 Å². The Labute approximate surface area is 118 Å². The van der Waals surface area contributed by atoms with Gasteiger partial charge in [-0.15, -0.1) is 0 Å². The zero-order valence-electron chi connectivity index (χ0n) is 11.8. The van der Waals surface area contributed by atoms with Gasteiger partial charge in [0.1, 0.15) is 0 Å². The molecule has 0 heterocycles. The van der Waals surface area contributed by atoms with Crippen LogP contribution in [0.1, 0.15) is 24.3 Å². The number of carboxylic acids is 1. The van der Waals surface area contributed by atoms with Crippen LogP contribution in [0.5, 0.6) is 0 Å². The minimum Gasteiger partial charge on any atom is -0.481 e. The second kappa shape index (κ2) is 6.05. The summed E-state index contributed by atoms with van der Waals surface area (Å²) in [4.78, 5) is 24.6. The van der Waals surface area contributed by atoms with Gasteiger partial charge in [-0.25, -0.2) is 0 Å². The highest BCUT2D eigenvalue weighted by Gasteiger charge is 2.44. The fourth-order valence-electron chi connectivity index (χ4n) is 2.23. The lowest BCUT2D eigenvalue weighted by Crippen LogP contribution is -2.20. The molecule has 5 heteroatoms. The van der Waals surface area contributed by atoms with Crippen molar-refractivity contribution in [3.63, 3.8) is 0 Å². The molecule has 1 aromatic rings. The van der Waals surface area contributed by atoms with Crippen molar-refractivity contribution in [2.75, 3.05) is 26.0 Å². The van der Waals surface area contributed by atoms with Crippen molar-refractivity contribution in [3.8, 4) is 0 Å². The van der Waals surface area contributed by atoms with Gasteiger partial charge in [0.25, 0.3) is 0 Å². The van der Waals surface area contributed by atoms with E-state index in [1.54, 1.807) is 0 Å². The molecule has 0 aliphatic heterocycles. The molecule has 1 saturated carbocycles. The number of anilines is 1. The van der Waals surface area contributed by atoms with E-state index >= 15 is 0 Å². The topological polar surface area (TPSA) is 69.6 Å². The van der Waals surface area contributed by atoms with Gasteiger partial charge in [-0.05, 0) is 44.1 Å². The standard InChI is InChI=1S/C15H20N2O3/c1-17(2)7-6-14(18)16-11-5-3-4-10(8-11)12-9-13(12)15(19)20/h3-5,8,12-13H,6-7,9H2,1-2H3,(H,16,18)(H,19,20). The number of carbonyl (C=O) groups excluding carboxylic acids is 1. The lowest BCUT2D eigenvalue weighted by molar-refractivity contribution is -0.138. The van der Waals surface area contributed by atoms with Gasteiger partial charge >= 0.3 is 5.97 Å². The van der Waals surface area contributed by atoms with Crippen LogP contribution in [0.25, 0.3) is 0 Å². The molecule has 2 unspecified atom stereocenters. The van der Waals surface area contributed by atoms with Crippen molar-refractivity contribution in [2.24, 2.45) is 5.92 Å². The fraction of sp³-hybridized carbons (Fsp3) is 0.467. The molecule has 1 amide bonds. The summed E-state index contributed by atoms with van der Waals surface area (Å²) >= 11 is 0. The summed E-state index contributed by atoms with van der Waals surface area (Å²) in [5, 5.41) is 11.8. The number of rotatable bonds is 6. The van der Waals surface area contributed by atoms with Crippen LogP contribution >= 0.6 is 0 Å². The molecule has 1 aliphatic carbocycles. The fourth-order valence-corrected chi connectivity index (χ4v) is 2.23. The summed E-state index contributed by atoms with van der Waals surface area (Å²) in [6, 6.07) is 7.48. The second-order valence-electron chi connectivity index (χ2n) is 5.51. The summed E-state index contributed by atoms with van der Waals surface area (Å²) in [6.07, 6.45) is 1.13. The SMILES string of the molecule is CN(C)CCC(=O)Nc1cccc(C2CC2C(=O)O)c1. The Morgan fingerprint density at radius 2 is 2.15 bits per heavy atom. The maximum absolute atomic E-state index is 11.8. The van der Waals surface area contributed by atoms with E-state index in [9.17, 15) is 9.59 Å². The van der Waals surface area contributed by atoms with Gasteiger partial charge in [0.15, 0.2) is 0 Å². The quantitative estimate of drug-likeness (QED) is 0.830. The lowest BCUT2D eigenvalue weighted by atomic mass is 10.1. The summed E-state index contributed by atoms with van der Waals surface area (Å²) in [7, 11) is 3.85. The number of hydrogen-bond acceptors (Lipinski definition) is 3. The highest BCUT2D eigenvalue weighted by Crippen LogP contribution is 2.47. The van der Waals surface area contributed by atoms with Crippen LogP contribution in [0, 0.1) is 5.92 Å². The zero-order chi connectivity index (χ0) is 14.7. The van der Waals surface area contributed by atoms with E-state index in [0.29, 0.717) is 19.4 Å². The third kappa shape index (κ3) is 3.81. The highest BCUT2D eigenvalue weighted by atomic mass is 16.4. The molecule has 0 bridgehead atoms. The molecule has 2 N–H and O–H groups in total. The molecule has 1 fully saturated rings. The predicted molar refractivity (Wildman–Crippen MR) is 76.7 cm³/mol. The van der Waals surface area contributed by atoms with Crippen LogP contribution in [0.4, 0.5) is 5.69 Å². The van der Waals surface area contributed by atoms with Crippen molar-refractivity contribution in [2.45, 2.75) is 18.8 Å². The van der Waals surface area contributed by atoms with E-state index in [1.165, 1.54) is 0 Å². The minimum absolute atomic E-state index is 0.0265. The molecule has 2 atom stereocenters. The van der Waals surface area contributed by atoms with Gasteiger partial charge < -0.3 is 15.3 Å². The Kier molecular flexibility index (Phi) is 4.39. The molecule has 0 aromatic heterocycles. The van der Waals surface area contributed by atoms with Gasteiger partial charge in [-0.2, -0.15) is 0 Å². The van der Waals surface area contributed by atoms with Crippen LogP contribution in [-0.2, 0) is 9.59 Å². The van der Waals surface area contributed by atoms with Crippen molar-refractivity contribution in [1.29, 1.82) is 0 Å². The molecule has 1 aliphatic rings. The summed E-state index contributed by atoms with van der Waals surface area (Å²) < 4.78 is 0. The summed E-state index contributed by atoms with van der Waals surface area (Å²) in [6.45, 7) is 0.704. The van der Waals surface area contributed by atoms with Gasteiger partial charge in [0.05, 0.1) is 5.92 Å². The number of hydrogen-bond donors (Lipinski definition) is 2. The minimum atomic E-state index is -0.740. The van der Waals surface area contributed by atoms with Gasteiger partial charge in [0.2, 0.25) is 5.91 Å². The third-order valence-electron chi connectivity index (χ3n) is 3.49. The molecule has 5 nitrogen and oxygen atoms in total. The Balaban J connectivity index is 1.93. The van der Waals surface area contributed by atoms with E-state index in [-0.39, 0.29) is 17.7 Å². The van der Waals surface area contributed by atoms with Crippen LogP contribution in [-0.4, -0.2) is 42.5 Å². The van der Waals surface area contributed by atoms with Crippen LogP contribution in [0.3, 0.4) is 0 Å². The van der Waals surface area contributed by atoms with Gasteiger partial charge in [-0.3, -0.25) is 9.59 Å². The zero-order valence-corrected chi connectivity index (χ0v) is 11.8. The Morgan fingerprint density at radius 3 is 2.75 bits per heavy atom. The second-order valence-corrected chi connectivity index (χ2v) is 5.51. The molecule has 0 spiro atoms. The summed E-state index contributed by atoms with van der Waals surface area (Å²) in [5.74, 6) is -0.947. The Bertz CT molecular complexity index is 514. The molecule has 0 saturated heterocycles. The van der Waals surface area contributed by atoms with E-state index in [0.717, 1.165) is 11.3 Å². The first kappa shape index (κ1) is 14.5. The van der Waals surface area contributed by atoms with Gasteiger partial charge in [-0.1, -0.05) is 12.1 Å². The number of amides is 1. The van der Waals surface area contributed by atoms with E-state index in [1.807, 2.05) is 43.3 Å². The van der Waals surface area contributed by atoms with Crippen molar-refractivity contribution in [3.05, 3.63) is 29.8 Å². The largest absolute Gasteiger partial charge is 0.481 e. The van der Waals surface area contributed by atoms with Crippen LogP contribution < -0.4 is 5.32 Å². The number of nitrogens with one attached hydrogen (secondary N) is 1. The number of carboxylic acid groups (broad SMARTS) is 1. The molecular weight excluding hydrogens is 256 g/mol. The van der Waals surface area contributed by atoms with E-state index in [4.69, 9.17) is 5.11 Å². The predicted octanol–water partition coefficient (Wildman–Crippen LogP) is 1.76.